The number of hydrogen-bond acceptors (Lipinski definition) is 6. The summed E-state index contributed by atoms with van der Waals surface area (Å²) in [4.78, 5) is 0. The van der Waals surface area contributed by atoms with Gasteiger partial charge in [0, 0.05) is 25.9 Å². The number of aliphatic hydroxyl groups excluding tert-OH is 3. The van der Waals surface area contributed by atoms with E-state index in [1.165, 1.54) is 0 Å². The molecule has 0 aliphatic rings. The average molecular weight is 330 g/mol. The maximum Gasteiger partial charge on any atom is 0.271 e. The summed E-state index contributed by atoms with van der Waals surface area (Å²) in [6, 6.07) is 0. The SMILES string of the molecule is OCCCCCC(O)(O)CCCC(F)(F)COCC(O)CO. The number of halogens is 2. The van der Waals surface area contributed by atoms with Crippen LogP contribution in [0.25, 0.3) is 0 Å². The molecule has 6 nitrogen and oxygen atoms in total. The van der Waals surface area contributed by atoms with Crippen molar-refractivity contribution in [3.63, 3.8) is 0 Å². The zero-order chi connectivity index (χ0) is 17.1. The van der Waals surface area contributed by atoms with E-state index in [0.29, 0.717) is 19.3 Å². The zero-order valence-electron chi connectivity index (χ0n) is 12.8. The molecule has 22 heavy (non-hydrogen) atoms. The minimum Gasteiger partial charge on any atom is -0.396 e. The fraction of sp³-hybridized carbons (Fsp3) is 1.00. The van der Waals surface area contributed by atoms with Crippen LogP contribution in [0.4, 0.5) is 8.78 Å². The Hall–Kier alpha value is -0.380. The molecule has 8 heteroatoms. The first-order chi connectivity index (χ1) is 10.2. The second-order valence-electron chi connectivity index (χ2n) is 5.58. The zero-order valence-corrected chi connectivity index (χ0v) is 12.8. The standard InChI is InChI=1S/C14H28F2O6/c15-13(16,11-22-10-12(19)9-18)5-4-7-14(20,21)6-2-1-3-8-17/h12,17-21H,1-11H2. The first-order valence-electron chi connectivity index (χ1n) is 7.52. The van der Waals surface area contributed by atoms with Gasteiger partial charge in [-0.2, -0.15) is 0 Å². The Morgan fingerprint density at radius 3 is 2.14 bits per heavy atom. The number of hydrogen-bond donors (Lipinski definition) is 5. The molecule has 0 spiro atoms. The van der Waals surface area contributed by atoms with Crippen molar-refractivity contribution < 1.29 is 39.1 Å². The van der Waals surface area contributed by atoms with E-state index in [0.717, 1.165) is 0 Å². The van der Waals surface area contributed by atoms with Gasteiger partial charge in [-0.1, -0.05) is 6.42 Å². The van der Waals surface area contributed by atoms with Gasteiger partial charge in [-0.3, -0.25) is 0 Å². The highest BCUT2D eigenvalue weighted by Crippen LogP contribution is 2.25. The van der Waals surface area contributed by atoms with Gasteiger partial charge in [0.05, 0.1) is 13.2 Å². The van der Waals surface area contributed by atoms with Gasteiger partial charge in [0.2, 0.25) is 0 Å². The van der Waals surface area contributed by atoms with E-state index in [2.05, 4.69) is 4.74 Å². The van der Waals surface area contributed by atoms with E-state index in [9.17, 15) is 19.0 Å². The van der Waals surface area contributed by atoms with Crippen LogP contribution < -0.4 is 0 Å². The molecule has 0 radical (unpaired) electrons. The lowest BCUT2D eigenvalue weighted by molar-refractivity contribution is -0.175. The first kappa shape index (κ1) is 21.6. The normalized spacial score (nSPS) is 14.3. The molecule has 1 atom stereocenters. The third kappa shape index (κ3) is 12.2. The van der Waals surface area contributed by atoms with Gasteiger partial charge in [0.25, 0.3) is 5.92 Å². The molecule has 0 amide bonds. The van der Waals surface area contributed by atoms with Crippen LogP contribution in [0.5, 0.6) is 0 Å². The summed E-state index contributed by atoms with van der Waals surface area (Å²) in [6.45, 7) is -1.77. The van der Waals surface area contributed by atoms with Crippen molar-refractivity contribution in [1.29, 1.82) is 0 Å². The predicted octanol–water partition coefficient (Wildman–Crippen LogP) is 0.395. The van der Waals surface area contributed by atoms with E-state index in [-0.39, 0.29) is 32.5 Å². The van der Waals surface area contributed by atoms with Gasteiger partial charge in [0.1, 0.15) is 12.7 Å². The Labute approximate surface area is 129 Å². The van der Waals surface area contributed by atoms with Gasteiger partial charge in [-0.05, 0) is 19.3 Å². The van der Waals surface area contributed by atoms with Crippen LogP contribution in [0.3, 0.4) is 0 Å². The molecule has 0 aromatic rings. The molecular weight excluding hydrogens is 302 g/mol. The molecular formula is C14H28F2O6. The quantitative estimate of drug-likeness (QED) is 0.233. The fourth-order valence-corrected chi connectivity index (χ4v) is 1.92. The van der Waals surface area contributed by atoms with Crippen LogP contribution in [0.1, 0.15) is 44.9 Å². The highest BCUT2D eigenvalue weighted by atomic mass is 19.3. The number of unbranched alkanes of at least 4 members (excludes halogenated alkanes) is 2. The maximum atomic E-state index is 13.4. The van der Waals surface area contributed by atoms with Crippen molar-refractivity contribution >= 4 is 0 Å². The van der Waals surface area contributed by atoms with E-state index in [1.807, 2.05) is 0 Å². The topological polar surface area (TPSA) is 110 Å². The van der Waals surface area contributed by atoms with E-state index < -0.39 is 37.4 Å². The van der Waals surface area contributed by atoms with Crippen molar-refractivity contribution in [2.75, 3.05) is 26.4 Å². The Balaban J connectivity index is 3.84. The summed E-state index contributed by atoms with van der Waals surface area (Å²) in [7, 11) is 0. The van der Waals surface area contributed by atoms with Crippen LogP contribution in [0.2, 0.25) is 0 Å². The molecule has 0 saturated heterocycles. The Kier molecular flexibility index (Phi) is 11.0. The third-order valence-electron chi connectivity index (χ3n) is 3.19. The number of rotatable bonds is 14. The largest absolute Gasteiger partial charge is 0.396 e. The lowest BCUT2D eigenvalue weighted by atomic mass is 10.0. The first-order valence-corrected chi connectivity index (χ1v) is 7.52. The molecule has 0 fully saturated rings. The summed E-state index contributed by atoms with van der Waals surface area (Å²) in [5.74, 6) is -5.10. The van der Waals surface area contributed by atoms with E-state index in [1.54, 1.807) is 0 Å². The lowest BCUT2D eigenvalue weighted by Crippen LogP contribution is -2.31. The van der Waals surface area contributed by atoms with Crippen molar-refractivity contribution in [3.05, 3.63) is 0 Å². The van der Waals surface area contributed by atoms with Crippen LogP contribution in [-0.2, 0) is 4.74 Å². The summed E-state index contributed by atoms with van der Waals surface area (Å²) < 4.78 is 31.5. The van der Waals surface area contributed by atoms with E-state index >= 15 is 0 Å². The van der Waals surface area contributed by atoms with E-state index in [4.69, 9.17) is 15.3 Å². The monoisotopic (exact) mass is 330 g/mol. The van der Waals surface area contributed by atoms with Crippen LogP contribution in [-0.4, -0.2) is 69.8 Å². The van der Waals surface area contributed by atoms with Gasteiger partial charge in [-0.25, -0.2) is 8.78 Å². The van der Waals surface area contributed by atoms with Crippen LogP contribution >= 0.6 is 0 Å². The van der Waals surface area contributed by atoms with Crippen molar-refractivity contribution in [2.45, 2.75) is 62.8 Å². The summed E-state index contributed by atoms with van der Waals surface area (Å²) in [5.41, 5.74) is 0. The summed E-state index contributed by atoms with van der Waals surface area (Å²) >= 11 is 0. The average Bonchev–Trinajstić information content (AvgIpc) is 2.42. The fourth-order valence-electron chi connectivity index (χ4n) is 1.92. The highest BCUT2D eigenvalue weighted by Gasteiger charge is 2.31. The molecule has 0 aromatic heterocycles. The van der Waals surface area contributed by atoms with Crippen molar-refractivity contribution in [2.24, 2.45) is 0 Å². The molecule has 5 N–H and O–H groups in total. The molecule has 0 aliphatic carbocycles. The molecule has 0 saturated carbocycles. The van der Waals surface area contributed by atoms with Crippen molar-refractivity contribution in [3.8, 4) is 0 Å². The second-order valence-corrected chi connectivity index (χ2v) is 5.58. The summed E-state index contributed by atoms with van der Waals surface area (Å²) in [6.07, 6.45) is -0.169. The minimum atomic E-state index is -3.12. The molecule has 0 heterocycles. The number of aliphatic hydroxyl groups is 5. The van der Waals surface area contributed by atoms with Gasteiger partial charge in [0.15, 0.2) is 5.79 Å². The Morgan fingerprint density at radius 1 is 0.909 bits per heavy atom. The lowest BCUT2D eigenvalue weighted by Gasteiger charge is -2.23. The summed E-state index contributed by atoms with van der Waals surface area (Å²) in [5, 5.41) is 45.4. The molecule has 0 rings (SSSR count). The maximum absolute atomic E-state index is 13.4. The van der Waals surface area contributed by atoms with Gasteiger partial charge < -0.3 is 30.3 Å². The van der Waals surface area contributed by atoms with Gasteiger partial charge >= 0.3 is 0 Å². The Bertz CT molecular complexity index is 276. The number of alkyl halides is 2. The molecule has 0 aromatic carbocycles. The molecule has 1 unspecified atom stereocenters. The molecule has 0 aliphatic heterocycles. The molecule has 134 valence electrons. The smallest absolute Gasteiger partial charge is 0.271 e. The van der Waals surface area contributed by atoms with Crippen LogP contribution in [0, 0.1) is 0 Å². The second kappa shape index (κ2) is 11.2. The predicted molar refractivity (Wildman–Crippen MR) is 75.4 cm³/mol. The van der Waals surface area contributed by atoms with Gasteiger partial charge in [-0.15, -0.1) is 0 Å². The van der Waals surface area contributed by atoms with Crippen LogP contribution in [0.15, 0.2) is 0 Å². The van der Waals surface area contributed by atoms with Crippen molar-refractivity contribution in [1.82, 2.24) is 0 Å². The third-order valence-corrected chi connectivity index (χ3v) is 3.19. The Morgan fingerprint density at radius 2 is 1.55 bits per heavy atom. The highest BCUT2D eigenvalue weighted by molar-refractivity contribution is 4.70. The molecule has 0 bridgehead atoms. The number of ether oxygens (including phenoxy) is 1. The minimum absolute atomic E-state index is 0.0427.